The minimum Gasteiger partial charge on any atom is -0.491 e. The Kier molecular flexibility index (Phi) is 5.24. The molecular formula is C16H19N3O2. The van der Waals surface area contributed by atoms with E-state index in [-0.39, 0.29) is 0 Å². The molecule has 21 heavy (non-hydrogen) atoms. The zero-order chi connectivity index (χ0) is 15.1. The third-order valence-corrected chi connectivity index (χ3v) is 3.06. The van der Waals surface area contributed by atoms with Crippen LogP contribution in [0.15, 0.2) is 36.5 Å². The van der Waals surface area contributed by atoms with Crippen LogP contribution in [0.25, 0.3) is 0 Å². The number of nitriles is 1. The van der Waals surface area contributed by atoms with E-state index in [1.165, 1.54) is 0 Å². The molecule has 0 spiro atoms. The Labute approximate surface area is 124 Å². The first kappa shape index (κ1) is 14.9. The molecule has 0 unspecified atom stereocenters. The van der Waals surface area contributed by atoms with Gasteiger partial charge in [-0.15, -0.1) is 0 Å². The standard InChI is InChI=1S/C16H19N3O2/c1-19-12-13(8-15(19)10-17)11-18-14-4-3-5-16(9-14)21-7-6-20-2/h3-5,8-9,12,18H,6-7,11H2,1-2H3. The van der Waals surface area contributed by atoms with Crippen LogP contribution in [0.3, 0.4) is 0 Å². The van der Waals surface area contributed by atoms with Gasteiger partial charge in [-0.2, -0.15) is 5.26 Å². The fourth-order valence-corrected chi connectivity index (χ4v) is 1.98. The molecule has 0 fully saturated rings. The van der Waals surface area contributed by atoms with E-state index in [1.807, 2.05) is 48.1 Å². The van der Waals surface area contributed by atoms with Crippen LogP contribution in [0.1, 0.15) is 11.3 Å². The van der Waals surface area contributed by atoms with Crippen molar-refractivity contribution in [1.82, 2.24) is 4.57 Å². The summed E-state index contributed by atoms with van der Waals surface area (Å²) in [5.74, 6) is 0.808. The van der Waals surface area contributed by atoms with Crippen molar-refractivity contribution in [2.75, 3.05) is 25.6 Å². The Morgan fingerprint density at radius 1 is 1.29 bits per heavy atom. The zero-order valence-electron chi connectivity index (χ0n) is 12.3. The molecule has 0 saturated heterocycles. The van der Waals surface area contributed by atoms with E-state index in [0.29, 0.717) is 25.5 Å². The van der Waals surface area contributed by atoms with Gasteiger partial charge in [0.2, 0.25) is 0 Å². The summed E-state index contributed by atoms with van der Waals surface area (Å²) in [5, 5.41) is 12.3. The van der Waals surface area contributed by atoms with Gasteiger partial charge in [0.1, 0.15) is 24.1 Å². The second-order valence-electron chi connectivity index (χ2n) is 4.68. The number of benzene rings is 1. The Morgan fingerprint density at radius 3 is 2.86 bits per heavy atom. The molecular weight excluding hydrogens is 266 g/mol. The monoisotopic (exact) mass is 285 g/mol. The number of aromatic nitrogens is 1. The SMILES string of the molecule is COCCOc1cccc(NCc2cc(C#N)n(C)c2)c1. The Balaban J connectivity index is 1.93. The second-order valence-corrected chi connectivity index (χ2v) is 4.68. The van der Waals surface area contributed by atoms with Gasteiger partial charge in [0.15, 0.2) is 0 Å². The number of aryl methyl sites for hydroxylation is 1. The smallest absolute Gasteiger partial charge is 0.121 e. The normalized spacial score (nSPS) is 10.1. The Bertz CT molecular complexity index is 629. The molecule has 2 rings (SSSR count). The summed E-state index contributed by atoms with van der Waals surface area (Å²) < 4.78 is 12.3. The third-order valence-electron chi connectivity index (χ3n) is 3.06. The van der Waals surface area contributed by atoms with Crippen molar-refractivity contribution in [3.05, 3.63) is 47.8 Å². The number of nitrogens with one attached hydrogen (secondary N) is 1. The highest BCUT2D eigenvalue weighted by Crippen LogP contribution is 2.18. The minimum atomic E-state index is 0.532. The summed E-state index contributed by atoms with van der Waals surface area (Å²) in [6.45, 7) is 1.76. The first-order valence-electron chi connectivity index (χ1n) is 6.74. The van der Waals surface area contributed by atoms with E-state index >= 15 is 0 Å². The summed E-state index contributed by atoms with van der Waals surface area (Å²) in [4.78, 5) is 0. The number of hydrogen-bond donors (Lipinski definition) is 1. The number of anilines is 1. The first-order valence-corrected chi connectivity index (χ1v) is 6.74. The highest BCUT2D eigenvalue weighted by atomic mass is 16.5. The first-order chi connectivity index (χ1) is 10.2. The number of nitrogens with zero attached hydrogens (tertiary/aromatic N) is 2. The molecule has 1 aromatic carbocycles. The molecule has 5 heteroatoms. The highest BCUT2D eigenvalue weighted by molar-refractivity contribution is 5.48. The van der Waals surface area contributed by atoms with Crippen LogP contribution >= 0.6 is 0 Å². The average molecular weight is 285 g/mol. The number of hydrogen-bond acceptors (Lipinski definition) is 4. The van der Waals surface area contributed by atoms with Gasteiger partial charge in [0.05, 0.1) is 6.61 Å². The molecule has 0 radical (unpaired) electrons. The summed E-state index contributed by atoms with van der Waals surface area (Å²) in [6.07, 6.45) is 1.95. The lowest BCUT2D eigenvalue weighted by Gasteiger charge is -2.09. The molecule has 0 aliphatic rings. The van der Waals surface area contributed by atoms with Gasteiger partial charge >= 0.3 is 0 Å². The van der Waals surface area contributed by atoms with Crippen molar-refractivity contribution in [2.45, 2.75) is 6.54 Å². The molecule has 1 N–H and O–H groups in total. The van der Waals surface area contributed by atoms with Gasteiger partial charge in [-0.1, -0.05) is 6.07 Å². The van der Waals surface area contributed by atoms with E-state index in [4.69, 9.17) is 14.7 Å². The van der Waals surface area contributed by atoms with Crippen molar-refractivity contribution in [1.29, 1.82) is 5.26 Å². The van der Waals surface area contributed by atoms with E-state index in [1.54, 1.807) is 7.11 Å². The fraction of sp³-hybridized carbons (Fsp3) is 0.312. The van der Waals surface area contributed by atoms with Gasteiger partial charge < -0.3 is 19.4 Å². The maximum absolute atomic E-state index is 8.94. The van der Waals surface area contributed by atoms with Crippen LogP contribution in [0.2, 0.25) is 0 Å². The molecule has 0 aliphatic heterocycles. The molecule has 0 bridgehead atoms. The number of ether oxygens (including phenoxy) is 2. The maximum Gasteiger partial charge on any atom is 0.121 e. The van der Waals surface area contributed by atoms with Crippen molar-refractivity contribution >= 4 is 5.69 Å². The molecule has 110 valence electrons. The summed E-state index contributed by atoms with van der Waals surface area (Å²) in [7, 11) is 3.52. The highest BCUT2D eigenvalue weighted by Gasteiger charge is 2.02. The molecule has 0 saturated carbocycles. The predicted molar refractivity (Wildman–Crippen MR) is 81.3 cm³/mol. The lowest BCUT2D eigenvalue weighted by atomic mass is 10.2. The van der Waals surface area contributed by atoms with Crippen LogP contribution in [0.4, 0.5) is 5.69 Å². The quantitative estimate of drug-likeness (QED) is 0.794. The average Bonchev–Trinajstić information content (AvgIpc) is 2.86. The second kappa shape index (κ2) is 7.36. The largest absolute Gasteiger partial charge is 0.491 e. The maximum atomic E-state index is 8.94. The van der Waals surface area contributed by atoms with Crippen molar-refractivity contribution in [3.8, 4) is 11.8 Å². The predicted octanol–water partition coefficient (Wildman–Crippen LogP) is 2.53. The topological polar surface area (TPSA) is 59.2 Å². The van der Waals surface area contributed by atoms with Crippen LogP contribution in [-0.4, -0.2) is 24.9 Å². The molecule has 5 nitrogen and oxygen atoms in total. The lowest BCUT2D eigenvalue weighted by molar-refractivity contribution is 0.146. The van der Waals surface area contributed by atoms with Gasteiger partial charge in [-0.05, 0) is 23.8 Å². The summed E-state index contributed by atoms with van der Waals surface area (Å²) in [5.41, 5.74) is 2.70. The van der Waals surface area contributed by atoms with Crippen LogP contribution < -0.4 is 10.1 Å². The van der Waals surface area contributed by atoms with E-state index in [9.17, 15) is 0 Å². The van der Waals surface area contributed by atoms with Gasteiger partial charge in [-0.25, -0.2) is 0 Å². The Hall–Kier alpha value is -2.45. The molecule has 2 aromatic rings. The van der Waals surface area contributed by atoms with Crippen LogP contribution in [-0.2, 0) is 18.3 Å². The molecule has 1 aromatic heterocycles. The van der Waals surface area contributed by atoms with Crippen molar-refractivity contribution in [2.24, 2.45) is 7.05 Å². The van der Waals surface area contributed by atoms with Crippen molar-refractivity contribution < 1.29 is 9.47 Å². The third kappa shape index (κ3) is 4.26. The Morgan fingerprint density at radius 2 is 2.14 bits per heavy atom. The summed E-state index contributed by atoms with van der Waals surface area (Å²) >= 11 is 0. The zero-order valence-corrected chi connectivity index (χ0v) is 12.3. The van der Waals surface area contributed by atoms with E-state index in [2.05, 4.69) is 11.4 Å². The van der Waals surface area contributed by atoms with Gasteiger partial charge in [0.25, 0.3) is 0 Å². The van der Waals surface area contributed by atoms with E-state index < -0.39 is 0 Å². The van der Waals surface area contributed by atoms with Gasteiger partial charge in [0, 0.05) is 38.7 Å². The molecule has 0 amide bonds. The molecule has 0 atom stereocenters. The van der Waals surface area contributed by atoms with Crippen LogP contribution in [0.5, 0.6) is 5.75 Å². The van der Waals surface area contributed by atoms with E-state index in [0.717, 1.165) is 17.0 Å². The lowest BCUT2D eigenvalue weighted by Crippen LogP contribution is -2.04. The van der Waals surface area contributed by atoms with Gasteiger partial charge in [-0.3, -0.25) is 0 Å². The summed E-state index contributed by atoms with van der Waals surface area (Å²) in [6, 6.07) is 11.8. The number of methoxy groups -OCH3 is 1. The fourth-order valence-electron chi connectivity index (χ4n) is 1.98. The minimum absolute atomic E-state index is 0.532. The molecule has 0 aliphatic carbocycles. The van der Waals surface area contributed by atoms with Crippen LogP contribution in [0, 0.1) is 11.3 Å². The van der Waals surface area contributed by atoms with Crippen molar-refractivity contribution in [3.63, 3.8) is 0 Å². The number of rotatable bonds is 7. The molecule has 1 heterocycles.